The van der Waals surface area contributed by atoms with Gasteiger partial charge in [0.1, 0.15) is 5.75 Å². The molecule has 1 fully saturated rings. The minimum absolute atomic E-state index is 0. The van der Waals surface area contributed by atoms with Crippen molar-refractivity contribution in [2.24, 2.45) is 0 Å². The number of halogens is 1. The highest BCUT2D eigenvalue weighted by Gasteiger charge is 2.23. The lowest BCUT2D eigenvalue weighted by atomic mass is 10.1. The summed E-state index contributed by atoms with van der Waals surface area (Å²) in [6, 6.07) is 6.28. The van der Waals surface area contributed by atoms with Gasteiger partial charge in [-0.3, -0.25) is 4.79 Å². The average molecular weight is 299 g/mol. The van der Waals surface area contributed by atoms with Crippen LogP contribution in [-0.2, 0) is 4.79 Å². The topological polar surface area (TPSA) is 41.6 Å². The normalized spacial score (nSPS) is 18.4. The van der Waals surface area contributed by atoms with E-state index in [-0.39, 0.29) is 31.0 Å². The number of nitrogens with zero attached hydrogens (tertiary/aromatic N) is 1. The van der Waals surface area contributed by atoms with Crippen LogP contribution in [0.5, 0.6) is 5.75 Å². The first kappa shape index (κ1) is 16.8. The van der Waals surface area contributed by atoms with E-state index in [0.717, 1.165) is 36.5 Å². The number of piperazine rings is 1. The van der Waals surface area contributed by atoms with Crippen molar-refractivity contribution in [3.8, 4) is 5.75 Å². The minimum atomic E-state index is 0. The van der Waals surface area contributed by atoms with Crippen LogP contribution in [0.2, 0.25) is 0 Å². The maximum atomic E-state index is 12.2. The van der Waals surface area contributed by atoms with E-state index in [1.807, 2.05) is 36.9 Å². The molecule has 1 atom stereocenters. The molecule has 1 aromatic rings. The van der Waals surface area contributed by atoms with Crippen LogP contribution in [0.3, 0.4) is 0 Å². The number of aryl methyl sites for hydroxylation is 2. The van der Waals surface area contributed by atoms with Gasteiger partial charge in [-0.25, -0.2) is 0 Å². The molecule has 112 valence electrons. The number of nitrogens with one attached hydrogen (secondary N) is 1. The zero-order chi connectivity index (χ0) is 13.8. The Kier molecular flexibility index (Phi) is 6.30. The number of hydrogen-bond donors (Lipinski definition) is 1. The van der Waals surface area contributed by atoms with Crippen molar-refractivity contribution in [3.63, 3.8) is 0 Å². The number of rotatable bonds is 3. The van der Waals surface area contributed by atoms with E-state index in [0.29, 0.717) is 0 Å². The van der Waals surface area contributed by atoms with Gasteiger partial charge in [-0.1, -0.05) is 12.1 Å². The molecule has 1 unspecified atom stereocenters. The fourth-order valence-electron chi connectivity index (χ4n) is 2.30. The maximum absolute atomic E-state index is 12.2. The van der Waals surface area contributed by atoms with Crippen LogP contribution in [-0.4, -0.2) is 43.1 Å². The van der Waals surface area contributed by atoms with Gasteiger partial charge in [0.25, 0.3) is 5.91 Å². The van der Waals surface area contributed by atoms with E-state index in [2.05, 4.69) is 12.2 Å². The van der Waals surface area contributed by atoms with E-state index in [9.17, 15) is 4.79 Å². The van der Waals surface area contributed by atoms with Crippen LogP contribution in [0.1, 0.15) is 18.1 Å². The Hall–Kier alpha value is -1.26. The smallest absolute Gasteiger partial charge is 0.260 e. The van der Waals surface area contributed by atoms with Gasteiger partial charge in [0.15, 0.2) is 6.61 Å². The summed E-state index contributed by atoms with van der Waals surface area (Å²) >= 11 is 0. The summed E-state index contributed by atoms with van der Waals surface area (Å²) in [6.07, 6.45) is 0. The second kappa shape index (κ2) is 7.50. The summed E-state index contributed by atoms with van der Waals surface area (Å²) < 4.78 is 5.67. The van der Waals surface area contributed by atoms with Gasteiger partial charge in [-0.2, -0.15) is 0 Å². The van der Waals surface area contributed by atoms with Crippen molar-refractivity contribution in [2.45, 2.75) is 26.8 Å². The fraction of sp³-hybridized carbons (Fsp3) is 0.533. The average Bonchev–Trinajstić information content (AvgIpc) is 2.40. The van der Waals surface area contributed by atoms with Crippen molar-refractivity contribution in [1.29, 1.82) is 0 Å². The van der Waals surface area contributed by atoms with Gasteiger partial charge in [0.2, 0.25) is 0 Å². The molecule has 0 aliphatic carbocycles. The highest BCUT2D eigenvalue weighted by Crippen LogP contribution is 2.19. The van der Waals surface area contributed by atoms with Crippen molar-refractivity contribution < 1.29 is 9.53 Å². The fourth-order valence-corrected chi connectivity index (χ4v) is 2.30. The van der Waals surface area contributed by atoms with Gasteiger partial charge >= 0.3 is 0 Å². The molecule has 1 aliphatic rings. The SMILES string of the molecule is Cc1ccc(C)c(OCC(=O)N2CCNCC2C)c1.Cl. The minimum Gasteiger partial charge on any atom is -0.483 e. The number of hydrogen-bond acceptors (Lipinski definition) is 3. The van der Waals surface area contributed by atoms with Crippen LogP contribution in [0.4, 0.5) is 0 Å². The maximum Gasteiger partial charge on any atom is 0.260 e. The molecule has 0 spiro atoms. The summed E-state index contributed by atoms with van der Waals surface area (Å²) in [6.45, 7) is 8.67. The molecule has 1 aliphatic heterocycles. The van der Waals surface area contributed by atoms with Crippen LogP contribution in [0, 0.1) is 13.8 Å². The Balaban J connectivity index is 0.00000200. The van der Waals surface area contributed by atoms with E-state index >= 15 is 0 Å². The zero-order valence-electron chi connectivity index (χ0n) is 12.3. The summed E-state index contributed by atoms with van der Waals surface area (Å²) in [7, 11) is 0. The highest BCUT2D eigenvalue weighted by molar-refractivity contribution is 5.85. The van der Waals surface area contributed by atoms with E-state index in [4.69, 9.17) is 4.74 Å². The molecule has 1 aromatic carbocycles. The molecule has 20 heavy (non-hydrogen) atoms. The van der Waals surface area contributed by atoms with Crippen LogP contribution >= 0.6 is 12.4 Å². The first-order valence-electron chi connectivity index (χ1n) is 6.78. The Morgan fingerprint density at radius 2 is 2.20 bits per heavy atom. The van der Waals surface area contributed by atoms with Crippen LogP contribution < -0.4 is 10.1 Å². The highest BCUT2D eigenvalue weighted by atomic mass is 35.5. The molecular weight excluding hydrogens is 276 g/mol. The summed E-state index contributed by atoms with van der Waals surface area (Å²) in [5.41, 5.74) is 2.20. The van der Waals surface area contributed by atoms with Gasteiger partial charge in [-0.15, -0.1) is 12.4 Å². The Morgan fingerprint density at radius 3 is 2.90 bits per heavy atom. The summed E-state index contributed by atoms with van der Waals surface area (Å²) in [5.74, 6) is 0.867. The zero-order valence-corrected chi connectivity index (χ0v) is 13.1. The molecule has 2 rings (SSSR count). The Bertz CT molecular complexity index is 465. The van der Waals surface area contributed by atoms with E-state index in [1.165, 1.54) is 0 Å². The third-order valence-electron chi connectivity index (χ3n) is 3.52. The quantitative estimate of drug-likeness (QED) is 0.927. The molecule has 1 saturated heterocycles. The first-order chi connectivity index (χ1) is 9.08. The lowest BCUT2D eigenvalue weighted by Crippen LogP contribution is -2.53. The second-order valence-electron chi connectivity index (χ2n) is 5.20. The predicted molar refractivity (Wildman–Crippen MR) is 82.7 cm³/mol. The third-order valence-corrected chi connectivity index (χ3v) is 3.52. The Morgan fingerprint density at radius 1 is 1.45 bits per heavy atom. The number of carbonyl (C=O) groups excluding carboxylic acids is 1. The number of carbonyl (C=O) groups is 1. The largest absolute Gasteiger partial charge is 0.483 e. The van der Waals surface area contributed by atoms with Gasteiger partial charge in [0, 0.05) is 25.7 Å². The third kappa shape index (κ3) is 4.12. The number of amides is 1. The van der Waals surface area contributed by atoms with Gasteiger partial charge in [-0.05, 0) is 38.0 Å². The molecular formula is C15H23ClN2O2. The van der Waals surface area contributed by atoms with Crippen molar-refractivity contribution >= 4 is 18.3 Å². The van der Waals surface area contributed by atoms with Gasteiger partial charge in [0.05, 0.1) is 0 Å². The van der Waals surface area contributed by atoms with E-state index in [1.54, 1.807) is 0 Å². The summed E-state index contributed by atoms with van der Waals surface area (Å²) in [5, 5.41) is 3.28. The molecule has 0 bridgehead atoms. The Labute approximate surface area is 126 Å². The molecule has 0 radical (unpaired) electrons. The molecule has 1 N–H and O–H groups in total. The molecule has 4 nitrogen and oxygen atoms in total. The lowest BCUT2D eigenvalue weighted by molar-refractivity contribution is -0.136. The van der Waals surface area contributed by atoms with Gasteiger partial charge < -0.3 is 15.0 Å². The van der Waals surface area contributed by atoms with Crippen LogP contribution in [0.15, 0.2) is 18.2 Å². The second-order valence-corrected chi connectivity index (χ2v) is 5.20. The monoisotopic (exact) mass is 298 g/mol. The van der Waals surface area contributed by atoms with E-state index < -0.39 is 0 Å². The summed E-state index contributed by atoms with van der Waals surface area (Å²) in [4.78, 5) is 14.0. The standard InChI is InChI=1S/C15H22N2O2.ClH/c1-11-4-5-12(2)14(8-11)19-10-15(18)17-7-6-16-9-13(17)3;/h4-5,8,13,16H,6-7,9-10H2,1-3H3;1H. The van der Waals surface area contributed by atoms with Crippen LogP contribution in [0.25, 0.3) is 0 Å². The van der Waals surface area contributed by atoms with Crippen molar-refractivity contribution in [1.82, 2.24) is 10.2 Å². The molecule has 1 amide bonds. The lowest BCUT2D eigenvalue weighted by Gasteiger charge is -2.33. The molecule has 5 heteroatoms. The first-order valence-corrected chi connectivity index (χ1v) is 6.78. The predicted octanol–water partition coefficient (Wildman–Crippen LogP) is 1.92. The number of ether oxygens (including phenoxy) is 1. The number of benzene rings is 1. The molecule has 1 heterocycles. The molecule has 0 aromatic heterocycles. The van der Waals surface area contributed by atoms with Crippen molar-refractivity contribution in [3.05, 3.63) is 29.3 Å². The molecule has 0 saturated carbocycles. The van der Waals surface area contributed by atoms with Crippen molar-refractivity contribution in [2.75, 3.05) is 26.2 Å².